The molecule has 19 N–H and O–H groups in total. The summed E-state index contributed by atoms with van der Waals surface area (Å²) in [6, 6.07) is -2.86. The van der Waals surface area contributed by atoms with Gasteiger partial charge in [0.25, 0.3) is 0 Å². The van der Waals surface area contributed by atoms with Crippen molar-refractivity contribution in [3.8, 4) is 0 Å². The number of hydrogen-bond acceptors (Lipinski definition) is 19. The van der Waals surface area contributed by atoms with Gasteiger partial charge in [0.15, 0.2) is 12.6 Å². The largest absolute Gasteiger partial charge is 0.394 e. The van der Waals surface area contributed by atoms with E-state index >= 15 is 0 Å². The third-order valence-corrected chi connectivity index (χ3v) is 6.48. The highest BCUT2D eigenvalue weighted by Gasteiger charge is 2.51. The van der Waals surface area contributed by atoms with Crippen LogP contribution in [0.5, 0.6) is 0 Å². The van der Waals surface area contributed by atoms with Crippen molar-refractivity contribution in [1.82, 2.24) is 0 Å². The zero-order valence-corrected chi connectivity index (χ0v) is 23.7. The van der Waals surface area contributed by atoms with Crippen LogP contribution in [0.25, 0.3) is 0 Å². The Hall–Kier alpha value is -0.860. The SMILES string of the molecule is NC[C@H]1O[C@H](O[C@H]2[C@H](O)[C@@H](O[C@H]3O[C@H](CO)[C@@H](O)[C@H](N)[C@H]3O)[C@H](N)C[C@@H]2N)[C@H](O)[C@@H](O)[C@@H]1O.O=S(=O)(O)O.O=S(=O)(O)O. The number of nitrogens with two attached hydrogens (primary N) is 4. The van der Waals surface area contributed by atoms with Gasteiger partial charge in [0, 0.05) is 18.6 Å². The van der Waals surface area contributed by atoms with Crippen LogP contribution >= 0.6 is 0 Å². The quantitative estimate of drug-likeness (QED) is 0.116. The summed E-state index contributed by atoms with van der Waals surface area (Å²) in [7, 11) is -9.33. The first kappa shape index (κ1) is 40.2. The maximum Gasteiger partial charge on any atom is 0.394 e. The van der Waals surface area contributed by atoms with Gasteiger partial charge in [-0.05, 0) is 6.42 Å². The fourth-order valence-electron chi connectivity index (χ4n) is 4.40. The molecule has 25 heteroatoms. The summed E-state index contributed by atoms with van der Waals surface area (Å²) in [4.78, 5) is 0. The smallest absolute Gasteiger partial charge is 0.394 e. The number of aliphatic hydroxyl groups is 7. The molecule has 3 aliphatic rings. The van der Waals surface area contributed by atoms with Crippen LogP contribution in [-0.4, -0.2) is 176 Å². The molecule has 2 saturated heterocycles. The van der Waals surface area contributed by atoms with Gasteiger partial charge in [0.2, 0.25) is 0 Å². The maximum absolute atomic E-state index is 10.9. The van der Waals surface area contributed by atoms with Gasteiger partial charge in [0.05, 0.1) is 12.6 Å². The van der Waals surface area contributed by atoms with E-state index in [9.17, 15) is 35.7 Å². The topological polar surface area (TPSA) is 432 Å². The highest BCUT2D eigenvalue weighted by molar-refractivity contribution is 7.80. The van der Waals surface area contributed by atoms with Crippen LogP contribution in [0.15, 0.2) is 0 Å². The Bertz CT molecular complexity index is 958. The first-order chi connectivity index (χ1) is 19.5. The first-order valence-electron chi connectivity index (χ1n) is 12.2. The fourth-order valence-corrected chi connectivity index (χ4v) is 4.40. The molecule has 0 bridgehead atoms. The average molecular weight is 681 g/mol. The minimum Gasteiger partial charge on any atom is -0.394 e. The molecule has 0 radical (unpaired) electrons. The molecule has 3 fully saturated rings. The monoisotopic (exact) mass is 680 g/mol. The molecule has 43 heavy (non-hydrogen) atoms. The van der Waals surface area contributed by atoms with E-state index < -0.39 is 119 Å². The van der Waals surface area contributed by atoms with Crippen LogP contribution in [0.4, 0.5) is 0 Å². The van der Waals surface area contributed by atoms with E-state index in [0.29, 0.717) is 0 Å². The van der Waals surface area contributed by atoms with Crippen LogP contribution in [0.1, 0.15) is 6.42 Å². The van der Waals surface area contributed by atoms with Crippen molar-refractivity contribution in [3.05, 3.63) is 0 Å². The zero-order valence-electron chi connectivity index (χ0n) is 22.1. The van der Waals surface area contributed by atoms with E-state index in [1.165, 1.54) is 0 Å². The Balaban J connectivity index is 0.000000798. The Morgan fingerprint density at radius 3 is 1.42 bits per heavy atom. The summed E-state index contributed by atoms with van der Waals surface area (Å²) in [5.74, 6) is 0. The van der Waals surface area contributed by atoms with Crippen molar-refractivity contribution >= 4 is 20.8 Å². The number of rotatable bonds is 6. The lowest BCUT2D eigenvalue weighted by Gasteiger charge is -2.48. The molecule has 258 valence electrons. The third kappa shape index (κ3) is 12.5. The molecular formula is C18H40N4O19S2. The summed E-state index contributed by atoms with van der Waals surface area (Å²) < 4.78 is 85.4. The van der Waals surface area contributed by atoms with Crippen LogP contribution in [-0.2, 0) is 39.7 Å². The Morgan fingerprint density at radius 2 is 1.02 bits per heavy atom. The molecule has 0 amide bonds. The molecule has 15 atom stereocenters. The highest BCUT2D eigenvalue weighted by atomic mass is 32.3. The first-order valence-corrected chi connectivity index (χ1v) is 15.0. The number of ether oxygens (including phenoxy) is 4. The second-order valence-corrected chi connectivity index (χ2v) is 11.5. The van der Waals surface area contributed by atoms with Crippen molar-refractivity contribution in [3.63, 3.8) is 0 Å². The van der Waals surface area contributed by atoms with E-state index in [2.05, 4.69) is 0 Å². The van der Waals surface area contributed by atoms with Gasteiger partial charge in [-0.1, -0.05) is 0 Å². The lowest BCUT2D eigenvalue weighted by molar-refractivity contribution is -0.332. The summed E-state index contributed by atoms with van der Waals surface area (Å²) in [6.07, 6.45) is -16.5. The minimum absolute atomic E-state index is 0.0849. The van der Waals surface area contributed by atoms with Gasteiger partial charge in [0.1, 0.15) is 61.0 Å². The van der Waals surface area contributed by atoms with E-state index in [1.54, 1.807) is 0 Å². The predicted octanol–water partition coefficient (Wildman–Crippen LogP) is -8.60. The van der Waals surface area contributed by atoms with Crippen molar-refractivity contribution in [2.24, 2.45) is 22.9 Å². The maximum atomic E-state index is 10.9. The van der Waals surface area contributed by atoms with Gasteiger partial charge in [-0.15, -0.1) is 0 Å². The van der Waals surface area contributed by atoms with Crippen molar-refractivity contribution in [2.75, 3.05) is 13.2 Å². The predicted molar refractivity (Wildman–Crippen MR) is 136 cm³/mol. The minimum atomic E-state index is -4.67. The summed E-state index contributed by atoms with van der Waals surface area (Å²) in [6.45, 7) is -0.763. The summed E-state index contributed by atoms with van der Waals surface area (Å²) in [5.41, 5.74) is 23.5. The number of aliphatic hydroxyl groups excluding tert-OH is 7. The van der Waals surface area contributed by atoms with Gasteiger partial charge >= 0.3 is 20.8 Å². The average Bonchev–Trinajstić information content (AvgIpc) is 2.86. The molecule has 0 unspecified atom stereocenters. The lowest BCUT2D eigenvalue weighted by Crippen LogP contribution is -2.68. The third-order valence-electron chi connectivity index (χ3n) is 6.48. The molecule has 0 aromatic rings. The van der Waals surface area contributed by atoms with Crippen LogP contribution in [0, 0.1) is 0 Å². The van der Waals surface area contributed by atoms with Gasteiger partial charge in [-0.3, -0.25) is 18.2 Å². The Kier molecular flexibility index (Phi) is 15.5. The Labute approximate surface area is 245 Å². The molecule has 0 spiro atoms. The van der Waals surface area contributed by atoms with Crippen LogP contribution in [0.2, 0.25) is 0 Å². The van der Waals surface area contributed by atoms with Crippen molar-refractivity contribution < 1.29 is 89.7 Å². The van der Waals surface area contributed by atoms with Gasteiger partial charge in [-0.25, -0.2) is 0 Å². The molecule has 1 saturated carbocycles. The Morgan fingerprint density at radius 1 is 0.628 bits per heavy atom. The van der Waals surface area contributed by atoms with Crippen molar-refractivity contribution in [1.29, 1.82) is 0 Å². The normalized spacial score (nSPS) is 43.9. The molecule has 0 aromatic heterocycles. The molecule has 3 rings (SSSR count). The van der Waals surface area contributed by atoms with Crippen LogP contribution in [0.3, 0.4) is 0 Å². The van der Waals surface area contributed by atoms with Gasteiger partial charge < -0.3 is 77.6 Å². The standard InChI is InChI=1S/C18H36N4O11.2H2O4S/c19-2-6-10(25)12(27)13(28)18(30-6)33-16-5(21)1-4(20)15(14(16)29)32-17-11(26)8(22)9(24)7(3-23)31-17;2*1-5(2,3)4/h4-18,23-29H,1-3,19-22H2;2*(H2,1,2,3,4)/t4-,5+,6-,7-,8+,9-,10-,11-,12+,13-,14-,15+,16-,17-,18-;;/m1../s1. The van der Waals surface area contributed by atoms with Crippen molar-refractivity contribution in [2.45, 2.75) is 98.2 Å². The van der Waals surface area contributed by atoms with E-state index in [1.807, 2.05) is 0 Å². The van der Waals surface area contributed by atoms with Crippen LogP contribution < -0.4 is 22.9 Å². The number of hydrogen-bond donors (Lipinski definition) is 15. The molecule has 2 aliphatic heterocycles. The molecule has 2 heterocycles. The second kappa shape index (κ2) is 16.6. The molecule has 0 aromatic carbocycles. The van der Waals surface area contributed by atoms with E-state index in [-0.39, 0.29) is 13.0 Å². The second-order valence-electron chi connectivity index (χ2n) is 9.69. The zero-order chi connectivity index (χ0) is 33.6. The lowest BCUT2D eigenvalue weighted by atomic mass is 9.84. The summed E-state index contributed by atoms with van der Waals surface area (Å²) in [5, 5.41) is 70.9. The molecular weight excluding hydrogens is 640 g/mol. The summed E-state index contributed by atoms with van der Waals surface area (Å²) >= 11 is 0. The molecule has 23 nitrogen and oxygen atoms in total. The highest BCUT2D eigenvalue weighted by Crippen LogP contribution is 2.31. The van der Waals surface area contributed by atoms with E-state index in [0.717, 1.165) is 0 Å². The van der Waals surface area contributed by atoms with E-state index in [4.69, 9.17) is 76.9 Å². The fraction of sp³-hybridized carbons (Fsp3) is 1.00. The van der Waals surface area contributed by atoms with Gasteiger partial charge in [-0.2, -0.15) is 16.8 Å². The molecule has 1 aliphatic carbocycles.